The number of hydrogen-bond donors (Lipinski definition) is 0. The van der Waals surface area contributed by atoms with Gasteiger partial charge in [0.1, 0.15) is 23.6 Å². The molecule has 0 radical (unpaired) electrons. The average Bonchev–Trinajstić information content (AvgIpc) is 3.19. The van der Waals surface area contributed by atoms with Gasteiger partial charge < -0.3 is 14.2 Å². The Labute approximate surface area is 246 Å². The number of benzene rings is 3. The van der Waals surface area contributed by atoms with Gasteiger partial charge in [-0.1, -0.05) is 37.6 Å². The molecule has 5 nitrogen and oxygen atoms in total. The van der Waals surface area contributed by atoms with Gasteiger partial charge in [-0.15, -0.1) is 0 Å². The number of halogens is 2. The number of methoxy groups -OCH3 is 1. The first-order valence-corrected chi connectivity index (χ1v) is 15.2. The number of carbonyl (C=O) groups is 1. The minimum Gasteiger partial charge on any atom is -0.493 e. The van der Waals surface area contributed by atoms with Crippen molar-refractivity contribution < 1.29 is 27.8 Å². The zero-order chi connectivity index (χ0) is 29.2. The van der Waals surface area contributed by atoms with E-state index in [1.54, 1.807) is 6.07 Å². The average molecular weight is 576 g/mol. The van der Waals surface area contributed by atoms with Crippen molar-refractivity contribution in [2.24, 2.45) is 5.92 Å². The summed E-state index contributed by atoms with van der Waals surface area (Å²) in [6, 6.07) is 16.3. The third-order valence-electron chi connectivity index (χ3n) is 9.31. The van der Waals surface area contributed by atoms with Crippen LogP contribution in [0.5, 0.6) is 11.5 Å². The molecule has 3 aromatic carbocycles. The van der Waals surface area contributed by atoms with E-state index in [0.29, 0.717) is 42.6 Å². The summed E-state index contributed by atoms with van der Waals surface area (Å²) in [5.74, 6) is 0.706. The maximum atomic E-state index is 13.8. The highest BCUT2D eigenvalue weighted by Crippen LogP contribution is 2.38. The number of ether oxygens (including phenoxy) is 3. The number of fused-ring (bicyclic) bond motifs is 2. The van der Waals surface area contributed by atoms with E-state index in [2.05, 4.69) is 29.2 Å². The SMILES string of the molecule is CC[C@@H](Oc1ccc([C@@H]2CCOc3cc4c(cc3C2)CN(CC2CCC2)[C@H](C(=O)OC)C4)cc1)c1ccc(F)c(F)c1. The van der Waals surface area contributed by atoms with Crippen LogP contribution < -0.4 is 9.47 Å². The molecule has 0 aromatic heterocycles. The molecule has 0 bridgehead atoms. The molecule has 1 aliphatic carbocycles. The normalized spacial score (nSPS) is 21.2. The molecule has 3 atom stereocenters. The second-order valence-corrected chi connectivity index (χ2v) is 12.0. The smallest absolute Gasteiger partial charge is 0.323 e. The summed E-state index contributed by atoms with van der Waals surface area (Å²) in [7, 11) is 1.48. The fourth-order valence-electron chi connectivity index (χ4n) is 6.63. The summed E-state index contributed by atoms with van der Waals surface area (Å²) in [5, 5.41) is 0. The summed E-state index contributed by atoms with van der Waals surface area (Å²) in [4.78, 5) is 15.0. The van der Waals surface area contributed by atoms with E-state index < -0.39 is 11.6 Å². The van der Waals surface area contributed by atoms with E-state index in [0.717, 1.165) is 37.7 Å². The van der Waals surface area contributed by atoms with Crippen LogP contribution in [0.4, 0.5) is 8.78 Å². The molecule has 1 fully saturated rings. The Kier molecular flexibility index (Phi) is 8.48. The molecule has 222 valence electrons. The van der Waals surface area contributed by atoms with Crippen LogP contribution in [0.1, 0.15) is 78.9 Å². The van der Waals surface area contributed by atoms with Crippen LogP contribution in [0.15, 0.2) is 54.6 Å². The number of nitrogens with zero attached hydrogens (tertiary/aromatic N) is 1. The lowest BCUT2D eigenvalue weighted by Crippen LogP contribution is -2.48. The molecule has 0 spiro atoms. The molecule has 0 amide bonds. The molecule has 42 heavy (non-hydrogen) atoms. The fourth-order valence-corrected chi connectivity index (χ4v) is 6.63. The lowest BCUT2D eigenvalue weighted by atomic mass is 9.83. The van der Waals surface area contributed by atoms with Gasteiger partial charge in [0.25, 0.3) is 0 Å². The number of esters is 1. The molecule has 2 heterocycles. The van der Waals surface area contributed by atoms with Crippen LogP contribution in [-0.2, 0) is 28.9 Å². The molecule has 6 rings (SSSR count). The molecule has 0 saturated heterocycles. The Hall–Kier alpha value is -3.45. The van der Waals surface area contributed by atoms with Crippen molar-refractivity contribution in [1.29, 1.82) is 0 Å². The first-order valence-electron chi connectivity index (χ1n) is 15.2. The van der Waals surface area contributed by atoms with Gasteiger partial charge in [0.15, 0.2) is 11.6 Å². The second-order valence-electron chi connectivity index (χ2n) is 12.0. The van der Waals surface area contributed by atoms with Crippen LogP contribution in [0.3, 0.4) is 0 Å². The van der Waals surface area contributed by atoms with Crippen molar-refractivity contribution in [1.82, 2.24) is 4.90 Å². The van der Waals surface area contributed by atoms with E-state index >= 15 is 0 Å². The van der Waals surface area contributed by atoms with Crippen molar-refractivity contribution in [3.63, 3.8) is 0 Å². The number of hydrogen-bond acceptors (Lipinski definition) is 5. The summed E-state index contributed by atoms with van der Waals surface area (Å²) < 4.78 is 44.8. The van der Waals surface area contributed by atoms with Gasteiger partial charge in [-0.3, -0.25) is 9.69 Å². The molecule has 3 aliphatic rings. The maximum absolute atomic E-state index is 13.8. The first kappa shape index (κ1) is 28.7. The lowest BCUT2D eigenvalue weighted by Gasteiger charge is -2.39. The Bertz CT molecular complexity index is 1420. The molecular formula is C35H39F2NO4. The number of carbonyl (C=O) groups excluding carboxylic acids is 1. The Morgan fingerprint density at radius 3 is 2.48 bits per heavy atom. The monoisotopic (exact) mass is 575 g/mol. The van der Waals surface area contributed by atoms with Crippen LogP contribution in [0.2, 0.25) is 0 Å². The predicted octanol–water partition coefficient (Wildman–Crippen LogP) is 7.30. The fraction of sp³-hybridized carbons (Fsp3) is 0.457. The first-order chi connectivity index (χ1) is 20.4. The molecule has 0 N–H and O–H groups in total. The molecular weight excluding hydrogens is 536 g/mol. The Morgan fingerprint density at radius 1 is 0.976 bits per heavy atom. The molecule has 2 aliphatic heterocycles. The van der Waals surface area contributed by atoms with Crippen LogP contribution in [-0.4, -0.2) is 37.2 Å². The van der Waals surface area contributed by atoms with E-state index in [-0.39, 0.29) is 18.1 Å². The molecule has 1 saturated carbocycles. The topological polar surface area (TPSA) is 48.0 Å². The number of rotatable bonds is 8. The van der Waals surface area contributed by atoms with E-state index in [1.807, 2.05) is 19.1 Å². The summed E-state index contributed by atoms with van der Waals surface area (Å²) >= 11 is 0. The highest BCUT2D eigenvalue weighted by molar-refractivity contribution is 5.76. The van der Waals surface area contributed by atoms with Crippen LogP contribution in [0.25, 0.3) is 0 Å². The third-order valence-corrected chi connectivity index (χ3v) is 9.31. The van der Waals surface area contributed by atoms with Gasteiger partial charge in [-0.25, -0.2) is 8.78 Å². The lowest BCUT2D eigenvalue weighted by molar-refractivity contribution is -0.148. The van der Waals surface area contributed by atoms with E-state index in [9.17, 15) is 13.6 Å². The summed E-state index contributed by atoms with van der Waals surface area (Å²) in [5.41, 5.74) is 5.51. The molecule has 0 unspecified atom stereocenters. The molecule has 3 aromatic rings. The van der Waals surface area contributed by atoms with E-state index in [1.165, 1.54) is 54.7 Å². The van der Waals surface area contributed by atoms with Crippen molar-refractivity contribution in [3.8, 4) is 11.5 Å². The second kappa shape index (κ2) is 12.4. The van der Waals surface area contributed by atoms with E-state index in [4.69, 9.17) is 14.2 Å². The van der Waals surface area contributed by atoms with Gasteiger partial charge >= 0.3 is 5.97 Å². The van der Waals surface area contributed by atoms with Gasteiger partial charge in [-0.05, 0) is 109 Å². The highest BCUT2D eigenvalue weighted by Gasteiger charge is 2.35. The third kappa shape index (κ3) is 6.03. The summed E-state index contributed by atoms with van der Waals surface area (Å²) in [6.45, 7) is 4.28. The quantitative estimate of drug-likeness (QED) is 0.264. The van der Waals surface area contributed by atoms with Crippen LogP contribution in [0, 0.1) is 17.6 Å². The maximum Gasteiger partial charge on any atom is 0.323 e. The highest BCUT2D eigenvalue weighted by atomic mass is 19.2. The van der Waals surface area contributed by atoms with Gasteiger partial charge in [0.05, 0.1) is 13.7 Å². The minimum atomic E-state index is -0.864. The van der Waals surface area contributed by atoms with Gasteiger partial charge in [0.2, 0.25) is 0 Å². The Morgan fingerprint density at radius 2 is 1.79 bits per heavy atom. The zero-order valence-electron chi connectivity index (χ0n) is 24.4. The van der Waals surface area contributed by atoms with Crippen LogP contribution >= 0.6 is 0 Å². The summed E-state index contributed by atoms with van der Waals surface area (Å²) in [6.07, 6.45) is 6.45. The largest absolute Gasteiger partial charge is 0.493 e. The zero-order valence-corrected chi connectivity index (χ0v) is 24.4. The minimum absolute atomic E-state index is 0.154. The standard InChI is InChI=1S/C35H39F2NO4/c1-3-33(25-9-12-30(36)31(37)17-25)42-29-10-7-23(8-11-29)24-13-14-41-34-19-26-18-32(35(39)40-2)38(20-22-5-4-6-22)21-28(26)16-27(34)15-24/h7-12,16-17,19,22,24,32-33H,3-6,13-15,18,20-21H2,1-2H3/t24-,32+,33-/m1/s1. The van der Waals surface area contributed by atoms with Crippen molar-refractivity contribution in [3.05, 3.63) is 94.0 Å². The van der Waals surface area contributed by atoms with Crippen molar-refractivity contribution in [2.45, 2.75) is 76.5 Å². The predicted molar refractivity (Wildman–Crippen MR) is 157 cm³/mol. The van der Waals surface area contributed by atoms with Gasteiger partial charge in [-0.2, -0.15) is 0 Å². The van der Waals surface area contributed by atoms with Crippen molar-refractivity contribution in [2.75, 3.05) is 20.3 Å². The van der Waals surface area contributed by atoms with Crippen molar-refractivity contribution >= 4 is 5.97 Å². The molecule has 7 heteroatoms. The van der Waals surface area contributed by atoms with Gasteiger partial charge in [0, 0.05) is 13.1 Å². The Balaban J connectivity index is 1.17.